The Morgan fingerprint density at radius 1 is 0.892 bits per heavy atom. The summed E-state index contributed by atoms with van der Waals surface area (Å²) in [6, 6.07) is 29.4. The molecule has 2 N–H and O–H groups in total. The van der Waals surface area contributed by atoms with Crippen molar-refractivity contribution in [1.29, 1.82) is 0 Å². The second kappa shape index (κ2) is 8.43. The minimum Gasteiger partial charge on any atom is -0.392 e. The fraction of sp³-hybridized carbons (Fsp3) is 0.188. The van der Waals surface area contributed by atoms with Gasteiger partial charge in [0.05, 0.1) is 29.4 Å². The molecule has 0 spiro atoms. The van der Waals surface area contributed by atoms with Gasteiger partial charge in [0.25, 0.3) is 0 Å². The van der Waals surface area contributed by atoms with Crippen LogP contribution in [0.1, 0.15) is 37.3 Å². The molecule has 0 saturated heterocycles. The first-order valence-corrected chi connectivity index (χ1v) is 12.9. The van der Waals surface area contributed by atoms with Crippen molar-refractivity contribution >= 4 is 11.5 Å². The molecule has 37 heavy (non-hydrogen) atoms. The lowest BCUT2D eigenvalue weighted by Gasteiger charge is -2.39. The Balaban J connectivity index is 1.51. The summed E-state index contributed by atoms with van der Waals surface area (Å²) in [5.74, 6) is 1.68. The third-order valence-electron chi connectivity index (χ3n) is 8.05. The highest BCUT2D eigenvalue weighted by atomic mass is 16.3. The second-order valence-electron chi connectivity index (χ2n) is 10.4. The van der Waals surface area contributed by atoms with Crippen LogP contribution in [0.5, 0.6) is 0 Å². The Labute approximate surface area is 216 Å². The third kappa shape index (κ3) is 3.50. The van der Waals surface area contributed by atoms with Crippen LogP contribution in [0, 0.1) is 0 Å². The summed E-state index contributed by atoms with van der Waals surface area (Å²) in [4.78, 5) is 9.98. The molecule has 1 aliphatic carbocycles. The first-order chi connectivity index (χ1) is 18.1. The molecule has 5 aromatic rings. The molecule has 5 nitrogen and oxygen atoms in total. The number of anilines is 2. The van der Waals surface area contributed by atoms with Crippen LogP contribution in [-0.2, 0) is 12.0 Å². The summed E-state index contributed by atoms with van der Waals surface area (Å²) in [5.41, 5.74) is 9.61. The molecule has 0 radical (unpaired) electrons. The molecule has 5 heteroatoms. The summed E-state index contributed by atoms with van der Waals surface area (Å²) in [7, 11) is 0. The molecule has 3 heterocycles. The van der Waals surface area contributed by atoms with E-state index in [0.29, 0.717) is 0 Å². The SMILES string of the molecule is CC1(c2ccc(-c3c(-c4ccc(CO)cc4)nc4n3-c3cccnc3Nc3ccccc3-4)cc2)CCC1. The number of nitrogens with zero attached hydrogens (tertiary/aromatic N) is 3. The van der Waals surface area contributed by atoms with Gasteiger partial charge in [-0.2, -0.15) is 0 Å². The molecule has 0 unspecified atom stereocenters. The van der Waals surface area contributed by atoms with Crippen LogP contribution in [0.15, 0.2) is 91.1 Å². The Bertz CT molecular complexity index is 1610. The quantitative estimate of drug-likeness (QED) is 0.276. The molecule has 7 rings (SSSR count). The van der Waals surface area contributed by atoms with E-state index < -0.39 is 0 Å². The molecule has 1 fully saturated rings. The van der Waals surface area contributed by atoms with Crippen LogP contribution in [0.4, 0.5) is 11.5 Å². The monoisotopic (exact) mass is 484 g/mol. The minimum atomic E-state index is 0.0190. The van der Waals surface area contributed by atoms with Crippen LogP contribution in [0.2, 0.25) is 0 Å². The number of para-hydroxylation sites is 1. The van der Waals surface area contributed by atoms with Crippen LogP contribution >= 0.6 is 0 Å². The van der Waals surface area contributed by atoms with E-state index in [-0.39, 0.29) is 12.0 Å². The lowest BCUT2D eigenvalue weighted by molar-refractivity contribution is 0.272. The molecule has 3 aromatic carbocycles. The van der Waals surface area contributed by atoms with Crippen LogP contribution in [0.25, 0.3) is 39.6 Å². The lowest BCUT2D eigenvalue weighted by Crippen LogP contribution is -2.30. The van der Waals surface area contributed by atoms with Crippen LogP contribution in [0.3, 0.4) is 0 Å². The number of aliphatic hydroxyl groups excluding tert-OH is 1. The first kappa shape index (κ1) is 22.0. The smallest absolute Gasteiger partial charge is 0.154 e. The fourth-order valence-electron chi connectivity index (χ4n) is 5.69. The van der Waals surface area contributed by atoms with Crippen molar-refractivity contribution in [3.05, 3.63) is 102 Å². The molecular weight excluding hydrogens is 456 g/mol. The van der Waals surface area contributed by atoms with Gasteiger partial charge < -0.3 is 10.4 Å². The molecule has 0 bridgehead atoms. The number of hydrogen-bond donors (Lipinski definition) is 2. The predicted molar refractivity (Wildman–Crippen MR) is 148 cm³/mol. The second-order valence-corrected chi connectivity index (χ2v) is 10.4. The predicted octanol–water partition coefficient (Wildman–Crippen LogP) is 7.26. The Morgan fingerprint density at radius 3 is 2.38 bits per heavy atom. The topological polar surface area (TPSA) is 63.0 Å². The van der Waals surface area contributed by atoms with Crippen molar-refractivity contribution in [1.82, 2.24) is 14.5 Å². The summed E-state index contributed by atoms with van der Waals surface area (Å²) in [5, 5.41) is 13.1. The summed E-state index contributed by atoms with van der Waals surface area (Å²) >= 11 is 0. The molecule has 0 atom stereocenters. The van der Waals surface area contributed by atoms with Gasteiger partial charge in [0.15, 0.2) is 5.82 Å². The molecule has 0 amide bonds. The zero-order valence-electron chi connectivity index (χ0n) is 20.8. The average Bonchev–Trinajstić information content (AvgIpc) is 3.26. The van der Waals surface area contributed by atoms with E-state index in [4.69, 9.17) is 9.97 Å². The Kier molecular flexibility index (Phi) is 5.01. The van der Waals surface area contributed by atoms with Crippen molar-refractivity contribution in [2.24, 2.45) is 0 Å². The Morgan fingerprint density at radius 2 is 1.65 bits per heavy atom. The number of aliphatic hydroxyl groups is 1. The highest BCUT2D eigenvalue weighted by molar-refractivity contribution is 5.90. The van der Waals surface area contributed by atoms with E-state index in [1.807, 2.05) is 36.5 Å². The maximum absolute atomic E-state index is 9.60. The van der Waals surface area contributed by atoms with Gasteiger partial charge in [-0.3, -0.25) is 4.57 Å². The van der Waals surface area contributed by atoms with Crippen molar-refractivity contribution in [2.75, 3.05) is 5.32 Å². The minimum absolute atomic E-state index is 0.0190. The number of pyridine rings is 1. The number of benzene rings is 3. The van der Waals surface area contributed by atoms with Crippen molar-refractivity contribution in [2.45, 2.75) is 38.2 Å². The number of aromatic nitrogens is 3. The van der Waals surface area contributed by atoms with Crippen LogP contribution < -0.4 is 5.32 Å². The molecule has 1 saturated carbocycles. The van der Waals surface area contributed by atoms with E-state index in [2.05, 4.69) is 71.4 Å². The number of rotatable bonds is 4. The van der Waals surface area contributed by atoms with Crippen molar-refractivity contribution < 1.29 is 5.11 Å². The van der Waals surface area contributed by atoms with Gasteiger partial charge in [-0.05, 0) is 53.6 Å². The number of fused-ring (bicyclic) bond motifs is 5. The molecule has 1 aliphatic heterocycles. The van der Waals surface area contributed by atoms with Gasteiger partial charge in [-0.1, -0.05) is 74.0 Å². The third-order valence-corrected chi connectivity index (χ3v) is 8.05. The van der Waals surface area contributed by atoms with Gasteiger partial charge in [0, 0.05) is 22.9 Å². The summed E-state index contributed by atoms with van der Waals surface area (Å²) in [6.07, 6.45) is 5.62. The average molecular weight is 485 g/mol. The number of hydrogen-bond acceptors (Lipinski definition) is 4. The molecule has 2 aliphatic rings. The highest BCUT2D eigenvalue weighted by Crippen LogP contribution is 2.46. The van der Waals surface area contributed by atoms with E-state index in [1.165, 1.54) is 24.8 Å². The lowest BCUT2D eigenvalue weighted by atomic mass is 9.66. The normalized spacial score (nSPS) is 15.0. The molecule has 182 valence electrons. The fourth-order valence-corrected chi connectivity index (χ4v) is 5.69. The van der Waals surface area contributed by atoms with Gasteiger partial charge in [0.1, 0.15) is 5.82 Å². The zero-order valence-corrected chi connectivity index (χ0v) is 20.8. The van der Waals surface area contributed by atoms with E-state index in [0.717, 1.165) is 56.7 Å². The maximum atomic E-state index is 9.60. The van der Waals surface area contributed by atoms with E-state index in [9.17, 15) is 5.11 Å². The van der Waals surface area contributed by atoms with E-state index in [1.54, 1.807) is 0 Å². The van der Waals surface area contributed by atoms with Crippen LogP contribution in [-0.4, -0.2) is 19.6 Å². The highest BCUT2D eigenvalue weighted by Gasteiger charge is 2.34. The molecular formula is C32H28N4O. The number of imidazole rings is 1. The van der Waals surface area contributed by atoms with Crippen molar-refractivity contribution in [3.63, 3.8) is 0 Å². The van der Waals surface area contributed by atoms with Gasteiger partial charge in [-0.25, -0.2) is 9.97 Å². The maximum Gasteiger partial charge on any atom is 0.154 e. The van der Waals surface area contributed by atoms with E-state index >= 15 is 0 Å². The van der Waals surface area contributed by atoms with Gasteiger partial charge in [0.2, 0.25) is 0 Å². The Hall–Kier alpha value is -4.22. The van der Waals surface area contributed by atoms with Gasteiger partial charge in [-0.15, -0.1) is 0 Å². The summed E-state index contributed by atoms with van der Waals surface area (Å²) < 4.78 is 2.25. The summed E-state index contributed by atoms with van der Waals surface area (Å²) in [6.45, 7) is 2.39. The standard InChI is InChI=1S/C32H28N4O/c1-32(17-5-18-32)24-15-13-23(14-16-24)29-28(22-11-9-21(20-37)10-12-22)35-31-25-6-2-3-7-26(25)34-30-27(36(29)31)8-4-19-33-30/h2-4,6-16,19,37H,5,17-18,20H2,1H3,(H,33,34). The largest absolute Gasteiger partial charge is 0.392 e. The van der Waals surface area contributed by atoms with Gasteiger partial charge >= 0.3 is 0 Å². The zero-order chi connectivity index (χ0) is 25.0. The number of nitrogens with one attached hydrogen (secondary N) is 1. The first-order valence-electron chi connectivity index (χ1n) is 12.9. The van der Waals surface area contributed by atoms with Crippen molar-refractivity contribution in [3.8, 4) is 39.6 Å². The molecule has 2 aromatic heterocycles.